The molecule has 0 spiro atoms. The minimum Gasteiger partial charge on any atom is -0.298 e. The van der Waals surface area contributed by atoms with E-state index in [1.165, 1.54) is 0 Å². The van der Waals surface area contributed by atoms with Crippen molar-refractivity contribution in [3.05, 3.63) is 41.6 Å². The summed E-state index contributed by atoms with van der Waals surface area (Å²) in [4.78, 5) is 15.0. The Morgan fingerprint density at radius 3 is 3.07 bits per heavy atom. The number of hydrogen-bond donors (Lipinski definition) is 0. The highest BCUT2D eigenvalue weighted by Gasteiger charge is 2.03. The normalized spacial score (nSPS) is 9.80. The van der Waals surface area contributed by atoms with Gasteiger partial charge in [0.15, 0.2) is 6.29 Å². The number of fused-ring (bicyclic) bond motifs is 1. The summed E-state index contributed by atoms with van der Waals surface area (Å²) >= 11 is 0. The lowest BCUT2D eigenvalue weighted by molar-refractivity contribution is 0.112. The summed E-state index contributed by atoms with van der Waals surface area (Å²) in [5, 5.41) is 9.50. The van der Waals surface area contributed by atoms with Crippen LogP contribution in [0.3, 0.4) is 0 Å². The van der Waals surface area contributed by atoms with Crippen LogP contribution in [-0.4, -0.2) is 11.3 Å². The molecule has 0 fully saturated rings. The van der Waals surface area contributed by atoms with E-state index < -0.39 is 0 Å². The van der Waals surface area contributed by atoms with E-state index in [2.05, 4.69) is 11.1 Å². The molecule has 1 aromatic carbocycles. The summed E-state index contributed by atoms with van der Waals surface area (Å²) in [5.41, 5.74) is 2.08. The monoisotopic (exact) mass is 196 g/mol. The molecule has 3 heteroatoms. The van der Waals surface area contributed by atoms with Crippen molar-refractivity contribution in [3.8, 4) is 6.07 Å². The Kier molecular flexibility index (Phi) is 2.42. The Morgan fingerprint density at radius 1 is 1.47 bits per heavy atom. The molecule has 0 saturated heterocycles. The van der Waals surface area contributed by atoms with Crippen molar-refractivity contribution in [3.63, 3.8) is 0 Å². The lowest BCUT2D eigenvalue weighted by Gasteiger charge is -2.02. The molecule has 0 aliphatic rings. The number of carbonyl (C=O) groups is 1. The second kappa shape index (κ2) is 3.89. The second-order valence-electron chi connectivity index (χ2n) is 3.21. The summed E-state index contributed by atoms with van der Waals surface area (Å²) in [6.07, 6.45) is 2.74. The number of nitrogens with zero attached hydrogens (tertiary/aromatic N) is 2. The molecule has 15 heavy (non-hydrogen) atoms. The molecule has 1 heterocycles. The average molecular weight is 196 g/mol. The molecule has 0 bridgehead atoms. The number of hydrogen-bond acceptors (Lipinski definition) is 3. The molecule has 0 radical (unpaired) electrons. The van der Waals surface area contributed by atoms with Crippen LogP contribution in [0.2, 0.25) is 0 Å². The van der Waals surface area contributed by atoms with Crippen LogP contribution < -0.4 is 0 Å². The van der Waals surface area contributed by atoms with Gasteiger partial charge in [0.25, 0.3) is 0 Å². The van der Waals surface area contributed by atoms with Crippen LogP contribution in [0.4, 0.5) is 0 Å². The predicted octanol–water partition coefficient (Wildman–Crippen LogP) is 2.11. The molecular formula is C12H8N2O. The van der Waals surface area contributed by atoms with Crippen LogP contribution in [0.15, 0.2) is 30.5 Å². The highest BCUT2D eigenvalue weighted by atomic mass is 16.1. The highest BCUT2D eigenvalue weighted by Crippen LogP contribution is 2.17. The summed E-state index contributed by atoms with van der Waals surface area (Å²) in [6.45, 7) is 0. The van der Waals surface area contributed by atoms with Gasteiger partial charge in [-0.25, -0.2) is 0 Å². The molecule has 0 N–H and O–H groups in total. The number of rotatable bonds is 2. The van der Waals surface area contributed by atoms with Gasteiger partial charge in [-0.2, -0.15) is 5.26 Å². The molecule has 0 atom stereocenters. The van der Waals surface area contributed by atoms with Gasteiger partial charge in [-0.1, -0.05) is 6.07 Å². The van der Waals surface area contributed by atoms with Gasteiger partial charge in [0, 0.05) is 17.1 Å². The fourth-order valence-electron chi connectivity index (χ4n) is 1.57. The van der Waals surface area contributed by atoms with Crippen molar-refractivity contribution in [1.29, 1.82) is 5.26 Å². The van der Waals surface area contributed by atoms with E-state index in [-0.39, 0.29) is 0 Å². The van der Waals surface area contributed by atoms with Crippen molar-refractivity contribution in [2.24, 2.45) is 0 Å². The summed E-state index contributed by atoms with van der Waals surface area (Å²) in [6, 6.07) is 9.36. The van der Waals surface area contributed by atoms with Gasteiger partial charge in [-0.05, 0) is 23.8 Å². The molecule has 2 aromatic rings. The Bertz CT molecular complexity index is 555. The van der Waals surface area contributed by atoms with E-state index in [1.54, 1.807) is 12.3 Å². The molecule has 72 valence electrons. The maximum Gasteiger partial charge on any atom is 0.152 e. The third-order valence-electron chi connectivity index (χ3n) is 2.20. The van der Waals surface area contributed by atoms with Gasteiger partial charge < -0.3 is 0 Å². The number of aldehydes is 1. The smallest absolute Gasteiger partial charge is 0.152 e. The minimum atomic E-state index is 0.311. The van der Waals surface area contributed by atoms with Gasteiger partial charge in [-0.15, -0.1) is 0 Å². The number of aromatic nitrogens is 1. The highest BCUT2D eigenvalue weighted by molar-refractivity contribution is 5.95. The standard InChI is InChI=1S/C12H8N2O/c13-4-3-9-6-10-2-1-5-14-12(10)11(7-9)8-15/h1-2,5-8H,3H2. The van der Waals surface area contributed by atoms with E-state index in [1.807, 2.05) is 18.2 Å². The molecule has 0 amide bonds. The fourth-order valence-corrected chi connectivity index (χ4v) is 1.57. The molecule has 0 aliphatic heterocycles. The third-order valence-corrected chi connectivity index (χ3v) is 2.20. The lowest BCUT2D eigenvalue weighted by Crippen LogP contribution is -1.91. The largest absolute Gasteiger partial charge is 0.298 e. The Hall–Kier alpha value is -2.21. The quantitative estimate of drug-likeness (QED) is 0.691. The molecule has 2 rings (SSSR count). The van der Waals surface area contributed by atoms with Crippen LogP contribution in [0.25, 0.3) is 10.9 Å². The van der Waals surface area contributed by atoms with Crippen molar-refractivity contribution in [2.75, 3.05) is 0 Å². The Morgan fingerprint density at radius 2 is 2.33 bits per heavy atom. The van der Waals surface area contributed by atoms with Gasteiger partial charge >= 0.3 is 0 Å². The van der Waals surface area contributed by atoms with Crippen molar-refractivity contribution < 1.29 is 4.79 Å². The van der Waals surface area contributed by atoms with Gasteiger partial charge in [0.05, 0.1) is 18.0 Å². The molecular weight excluding hydrogens is 188 g/mol. The minimum absolute atomic E-state index is 0.311. The van der Waals surface area contributed by atoms with E-state index in [9.17, 15) is 4.79 Å². The SMILES string of the molecule is N#CCc1cc(C=O)c2ncccc2c1. The first kappa shape index (κ1) is 9.35. The molecule has 1 aromatic heterocycles. The van der Waals surface area contributed by atoms with Gasteiger partial charge in [0.1, 0.15) is 0 Å². The zero-order valence-corrected chi connectivity index (χ0v) is 7.97. The Balaban J connectivity index is 2.72. The average Bonchev–Trinajstić information content (AvgIpc) is 2.28. The zero-order valence-electron chi connectivity index (χ0n) is 7.97. The molecule has 3 nitrogen and oxygen atoms in total. The van der Waals surface area contributed by atoms with Crippen LogP contribution in [0.5, 0.6) is 0 Å². The zero-order chi connectivity index (χ0) is 10.7. The number of pyridine rings is 1. The van der Waals surface area contributed by atoms with E-state index >= 15 is 0 Å². The molecule has 0 unspecified atom stereocenters. The third kappa shape index (κ3) is 1.70. The summed E-state index contributed by atoms with van der Waals surface area (Å²) in [7, 11) is 0. The predicted molar refractivity (Wildman–Crippen MR) is 56.4 cm³/mol. The van der Waals surface area contributed by atoms with Crippen LogP contribution in [0.1, 0.15) is 15.9 Å². The van der Waals surface area contributed by atoms with E-state index in [0.29, 0.717) is 17.5 Å². The van der Waals surface area contributed by atoms with Gasteiger partial charge in [0.2, 0.25) is 0 Å². The van der Waals surface area contributed by atoms with Crippen molar-refractivity contribution in [1.82, 2.24) is 4.98 Å². The molecule has 0 aliphatic carbocycles. The van der Waals surface area contributed by atoms with Crippen molar-refractivity contribution >= 4 is 17.2 Å². The van der Waals surface area contributed by atoms with Crippen LogP contribution in [0, 0.1) is 11.3 Å². The fraction of sp³-hybridized carbons (Fsp3) is 0.0833. The number of nitriles is 1. The number of benzene rings is 1. The van der Waals surface area contributed by atoms with Crippen molar-refractivity contribution in [2.45, 2.75) is 6.42 Å². The maximum absolute atomic E-state index is 10.9. The molecule has 0 saturated carbocycles. The van der Waals surface area contributed by atoms with Crippen LogP contribution in [-0.2, 0) is 6.42 Å². The topological polar surface area (TPSA) is 53.8 Å². The van der Waals surface area contributed by atoms with Crippen LogP contribution >= 0.6 is 0 Å². The lowest BCUT2D eigenvalue weighted by atomic mass is 10.0. The summed E-state index contributed by atoms with van der Waals surface area (Å²) < 4.78 is 0. The first-order valence-electron chi connectivity index (χ1n) is 4.55. The first-order valence-corrected chi connectivity index (χ1v) is 4.55. The van der Waals surface area contributed by atoms with E-state index in [4.69, 9.17) is 5.26 Å². The second-order valence-corrected chi connectivity index (χ2v) is 3.21. The first-order chi connectivity index (χ1) is 7.35. The summed E-state index contributed by atoms with van der Waals surface area (Å²) in [5.74, 6) is 0. The van der Waals surface area contributed by atoms with Gasteiger partial charge in [-0.3, -0.25) is 9.78 Å². The number of carbonyl (C=O) groups excluding carboxylic acids is 1. The van der Waals surface area contributed by atoms with E-state index in [0.717, 1.165) is 17.2 Å². The maximum atomic E-state index is 10.9. The Labute approximate surface area is 87.0 Å².